The highest BCUT2D eigenvalue weighted by Gasteiger charge is 2.27. The van der Waals surface area contributed by atoms with Crippen LogP contribution < -0.4 is 0 Å². The molecule has 0 saturated heterocycles. The zero-order valence-electron chi connectivity index (χ0n) is 8.58. The van der Waals surface area contributed by atoms with Gasteiger partial charge in [-0.1, -0.05) is 6.92 Å². The van der Waals surface area contributed by atoms with Crippen LogP contribution in [0.1, 0.15) is 42.8 Å². The summed E-state index contributed by atoms with van der Waals surface area (Å²) in [7, 11) is 0. The third-order valence-electron chi connectivity index (χ3n) is 3.27. The lowest BCUT2D eigenvalue weighted by Crippen LogP contribution is -1.90. The first-order valence-corrected chi connectivity index (χ1v) is 6.14. The molecule has 2 heterocycles. The Morgan fingerprint density at radius 3 is 3.29 bits per heavy atom. The van der Waals surface area contributed by atoms with Crippen molar-refractivity contribution < 1.29 is 0 Å². The van der Waals surface area contributed by atoms with Crippen LogP contribution in [0.2, 0.25) is 0 Å². The van der Waals surface area contributed by atoms with Gasteiger partial charge >= 0.3 is 0 Å². The Morgan fingerprint density at radius 2 is 2.50 bits per heavy atom. The number of nitrogens with zero attached hydrogens (tertiary/aromatic N) is 2. The van der Waals surface area contributed by atoms with Crippen LogP contribution in [-0.4, -0.2) is 9.38 Å². The number of hydrogen-bond acceptors (Lipinski definition) is 2. The Labute approximate surface area is 87.6 Å². The largest absolute Gasteiger partial charge is 0.292 e. The lowest BCUT2D eigenvalue weighted by Gasteiger charge is -2.01. The number of thiazole rings is 1. The molecule has 0 N–H and O–H groups in total. The van der Waals surface area contributed by atoms with Crippen molar-refractivity contribution in [3.8, 4) is 0 Å². The summed E-state index contributed by atoms with van der Waals surface area (Å²) < 4.78 is 2.34. The molecule has 1 aliphatic rings. The number of rotatable bonds is 1. The van der Waals surface area contributed by atoms with Crippen molar-refractivity contribution in [3.63, 3.8) is 0 Å². The average Bonchev–Trinajstić information content (AvgIpc) is 2.77. The first kappa shape index (κ1) is 8.48. The van der Waals surface area contributed by atoms with E-state index in [1.165, 1.54) is 41.3 Å². The van der Waals surface area contributed by atoms with E-state index in [1.807, 2.05) is 0 Å². The Hall–Kier alpha value is -0.830. The SMILES string of the molecule is CCC1CCc2c1nc1scc(C)n21. The molecule has 0 aromatic carbocycles. The highest BCUT2D eigenvalue weighted by Crippen LogP contribution is 2.36. The molecule has 2 nitrogen and oxygen atoms in total. The summed E-state index contributed by atoms with van der Waals surface area (Å²) in [4.78, 5) is 5.93. The first-order valence-electron chi connectivity index (χ1n) is 5.26. The van der Waals surface area contributed by atoms with Crippen molar-refractivity contribution in [2.24, 2.45) is 0 Å². The lowest BCUT2D eigenvalue weighted by molar-refractivity contribution is 0.642. The quantitative estimate of drug-likeness (QED) is 0.700. The predicted octanol–water partition coefficient (Wildman–Crippen LogP) is 3.14. The third-order valence-corrected chi connectivity index (χ3v) is 4.21. The van der Waals surface area contributed by atoms with Gasteiger partial charge in [-0.3, -0.25) is 4.40 Å². The summed E-state index contributed by atoms with van der Waals surface area (Å²) in [5.41, 5.74) is 4.20. The summed E-state index contributed by atoms with van der Waals surface area (Å²) in [5.74, 6) is 0.719. The summed E-state index contributed by atoms with van der Waals surface area (Å²) >= 11 is 1.76. The third kappa shape index (κ3) is 0.934. The molecule has 1 unspecified atom stereocenters. The van der Waals surface area contributed by atoms with Crippen LogP contribution in [-0.2, 0) is 6.42 Å². The predicted molar refractivity (Wildman–Crippen MR) is 59.2 cm³/mol. The van der Waals surface area contributed by atoms with E-state index in [1.54, 1.807) is 11.3 Å². The molecule has 3 rings (SSSR count). The topological polar surface area (TPSA) is 17.3 Å². The van der Waals surface area contributed by atoms with Crippen molar-refractivity contribution in [3.05, 3.63) is 22.5 Å². The van der Waals surface area contributed by atoms with Crippen LogP contribution in [0.5, 0.6) is 0 Å². The van der Waals surface area contributed by atoms with Gasteiger partial charge in [-0.05, 0) is 26.2 Å². The molecule has 2 aromatic rings. The second-order valence-corrected chi connectivity index (χ2v) is 4.92. The summed E-state index contributed by atoms with van der Waals surface area (Å²) in [5, 5.41) is 2.20. The standard InChI is InChI=1S/C11H14N2S/c1-3-8-4-5-9-10(8)12-11-13(9)7(2)6-14-11/h6,8H,3-5H2,1-2H3. The smallest absolute Gasteiger partial charge is 0.194 e. The summed E-state index contributed by atoms with van der Waals surface area (Å²) in [6, 6.07) is 0. The minimum atomic E-state index is 0.719. The molecule has 0 spiro atoms. The van der Waals surface area contributed by atoms with Gasteiger partial charge in [-0.2, -0.15) is 0 Å². The molecule has 0 aliphatic heterocycles. The monoisotopic (exact) mass is 206 g/mol. The van der Waals surface area contributed by atoms with E-state index < -0.39 is 0 Å². The number of hydrogen-bond donors (Lipinski definition) is 0. The van der Waals surface area contributed by atoms with Gasteiger partial charge < -0.3 is 0 Å². The van der Waals surface area contributed by atoms with Gasteiger partial charge in [-0.25, -0.2) is 4.98 Å². The Kier molecular flexibility index (Phi) is 1.71. The fourth-order valence-corrected chi connectivity index (χ4v) is 3.39. The van der Waals surface area contributed by atoms with Crippen LogP contribution in [0.25, 0.3) is 4.96 Å². The minimum Gasteiger partial charge on any atom is -0.292 e. The molecule has 0 fully saturated rings. The van der Waals surface area contributed by atoms with Gasteiger partial charge in [0.05, 0.1) is 5.69 Å². The number of aryl methyl sites for hydroxylation is 2. The van der Waals surface area contributed by atoms with Gasteiger partial charge in [0.15, 0.2) is 4.96 Å². The van der Waals surface area contributed by atoms with E-state index in [4.69, 9.17) is 4.98 Å². The van der Waals surface area contributed by atoms with Crippen LogP contribution in [0.3, 0.4) is 0 Å². The van der Waals surface area contributed by atoms with Crippen molar-refractivity contribution in [1.29, 1.82) is 0 Å². The zero-order chi connectivity index (χ0) is 9.71. The second-order valence-electron chi connectivity index (χ2n) is 4.08. The number of imidazole rings is 1. The maximum Gasteiger partial charge on any atom is 0.194 e. The second kappa shape index (κ2) is 2.83. The normalized spacial score (nSPS) is 20.6. The zero-order valence-corrected chi connectivity index (χ0v) is 9.40. The molecule has 14 heavy (non-hydrogen) atoms. The fraction of sp³-hybridized carbons (Fsp3) is 0.545. The Balaban J connectivity index is 2.27. The van der Waals surface area contributed by atoms with Crippen molar-refractivity contribution in [2.45, 2.75) is 39.0 Å². The first-order chi connectivity index (χ1) is 6.81. The van der Waals surface area contributed by atoms with E-state index in [2.05, 4.69) is 23.6 Å². The highest BCUT2D eigenvalue weighted by atomic mass is 32.1. The average molecular weight is 206 g/mol. The van der Waals surface area contributed by atoms with Crippen molar-refractivity contribution in [2.75, 3.05) is 0 Å². The van der Waals surface area contributed by atoms with E-state index in [-0.39, 0.29) is 0 Å². The molecule has 1 aliphatic carbocycles. The van der Waals surface area contributed by atoms with Crippen molar-refractivity contribution in [1.82, 2.24) is 9.38 Å². The molecule has 1 atom stereocenters. The summed E-state index contributed by atoms with van der Waals surface area (Å²) in [6.07, 6.45) is 3.75. The molecule has 0 amide bonds. The van der Waals surface area contributed by atoms with Crippen LogP contribution >= 0.6 is 11.3 Å². The molecule has 3 heteroatoms. The van der Waals surface area contributed by atoms with E-state index in [9.17, 15) is 0 Å². The van der Waals surface area contributed by atoms with Crippen LogP contribution in [0, 0.1) is 6.92 Å². The molecule has 2 aromatic heterocycles. The van der Waals surface area contributed by atoms with Gasteiger partial charge in [-0.15, -0.1) is 11.3 Å². The Bertz CT molecular complexity index is 481. The number of fused-ring (bicyclic) bond motifs is 3. The van der Waals surface area contributed by atoms with E-state index in [0.29, 0.717) is 0 Å². The van der Waals surface area contributed by atoms with Crippen LogP contribution in [0.4, 0.5) is 0 Å². The maximum atomic E-state index is 4.75. The molecule has 0 saturated carbocycles. The fourth-order valence-electron chi connectivity index (χ4n) is 2.49. The van der Waals surface area contributed by atoms with Gasteiger partial charge in [0.25, 0.3) is 0 Å². The summed E-state index contributed by atoms with van der Waals surface area (Å²) in [6.45, 7) is 4.44. The molecular weight excluding hydrogens is 192 g/mol. The molecule has 74 valence electrons. The van der Waals surface area contributed by atoms with Gasteiger partial charge in [0.2, 0.25) is 0 Å². The van der Waals surface area contributed by atoms with Crippen molar-refractivity contribution >= 4 is 16.3 Å². The van der Waals surface area contributed by atoms with Gasteiger partial charge in [0, 0.05) is 22.7 Å². The maximum absolute atomic E-state index is 4.75. The molecule has 0 radical (unpaired) electrons. The van der Waals surface area contributed by atoms with E-state index in [0.717, 1.165) is 5.92 Å². The lowest BCUT2D eigenvalue weighted by atomic mass is 10.1. The van der Waals surface area contributed by atoms with Gasteiger partial charge in [0.1, 0.15) is 0 Å². The molecular formula is C11H14N2S. The van der Waals surface area contributed by atoms with Crippen LogP contribution in [0.15, 0.2) is 5.38 Å². The Morgan fingerprint density at radius 1 is 1.64 bits per heavy atom. The number of aromatic nitrogens is 2. The molecule has 0 bridgehead atoms. The highest BCUT2D eigenvalue weighted by molar-refractivity contribution is 7.15. The minimum absolute atomic E-state index is 0.719. The van der Waals surface area contributed by atoms with E-state index >= 15 is 0 Å².